The maximum absolute atomic E-state index is 2.32. The summed E-state index contributed by atoms with van der Waals surface area (Å²) in [6.45, 7) is 50.3. The molecule has 0 bridgehead atoms. The summed E-state index contributed by atoms with van der Waals surface area (Å²) in [5, 5.41) is 0. The molecule has 0 N–H and O–H groups in total. The topological polar surface area (TPSA) is 0 Å². The second-order valence-electron chi connectivity index (χ2n) is 17.0. The molecule has 0 unspecified atom stereocenters. The van der Waals surface area contributed by atoms with Crippen molar-refractivity contribution in [1.82, 2.24) is 0 Å². The fourth-order valence-electron chi connectivity index (χ4n) is 3.89. The van der Waals surface area contributed by atoms with E-state index in [9.17, 15) is 0 Å². The maximum Gasteiger partial charge on any atom is -0.0219 e. The van der Waals surface area contributed by atoms with Gasteiger partial charge in [-0.3, -0.25) is 0 Å². The zero-order valence-electron chi connectivity index (χ0n) is 43.0. The summed E-state index contributed by atoms with van der Waals surface area (Å²) >= 11 is 0. The molecule has 2 aliphatic rings. The van der Waals surface area contributed by atoms with Crippen LogP contribution in [0.2, 0.25) is 0 Å². The molecule has 0 amide bonds. The highest BCUT2D eigenvalue weighted by Crippen LogP contribution is 2.33. The van der Waals surface area contributed by atoms with Gasteiger partial charge < -0.3 is 0 Å². The highest BCUT2D eigenvalue weighted by atomic mass is 14.3. The standard InChI is InChI=1S/2C9H12.2C7H14.C5H12.6C3H8.CH4/c2*1-8(2)9-6-4-3-5-7-9;2*1-6(2)7-4-3-5-7;1-4-5(2)3;6*1-3-2;/h2*3-8H,1-2H3;2*6-7H,3-5H2,1-2H3;5H,4H2,1-3H3;6*3H2,1-2H3;1H4. The quantitative estimate of drug-likeness (QED) is 0.283. The summed E-state index contributed by atoms with van der Waals surface area (Å²) < 4.78 is 0. The summed E-state index contributed by atoms with van der Waals surface area (Å²) in [6, 6.07) is 21.0. The van der Waals surface area contributed by atoms with Gasteiger partial charge in [0.2, 0.25) is 0 Å². The second-order valence-corrected chi connectivity index (χ2v) is 17.0. The summed E-state index contributed by atoms with van der Waals surface area (Å²) in [7, 11) is 0. The van der Waals surface area contributed by atoms with E-state index in [1.54, 1.807) is 0 Å². The Morgan fingerprint density at radius 2 is 0.554 bits per heavy atom. The fourth-order valence-corrected chi connectivity index (χ4v) is 3.89. The van der Waals surface area contributed by atoms with E-state index in [4.69, 9.17) is 0 Å². The van der Waals surface area contributed by atoms with Crippen LogP contribution in [-0.4, -0.2) is 0 Å². The predicted molar refractivity (Wildman–Crippen MR) is 273 cm³/mol. The van der Waals surface area contributed by atoms with E-state index >= 15 is 0 Å². The molecule has 2 aromatic rings. The lowest BCUT2D eigenvalue weighted by Crippen LogP contribution is -2.16. The molecule has 0 nitrogen and oxygen atoms in total. The molecule has 0 heteroatoms. The van der Waals surface area contributed by atoms with Gasteiger partial charge in [0.05, 0.1) is 0 Å². The van der Waals surface area contributed by atoms with Crippen molar-refractivity contribution in [3.05, 3.63) is 71.8 Å². The molecule has 0 spiro atoms. The molecule has 56 heavy (non-hydrogen) atoms. The molecule has 0 radical (unpaired) electrons. The molecule has 340 valence electrons. The first-order valence-corrected chi connectivity index (χ1v) is 24.1. The van der Waals surface area contributed by atoms with Gasteiger partial charge in [-0.1, -0.05) is 311 Å². The first-order valence-electron chi connectivity index (χ1n) is 24.1. The van der Waals surface area contributed by atoms with Gasteiger partial charge in [-0.2, -0.15) is 0 Å². The van der Waals surface area contributed by atoms with Crippen molar-refractivity contribution in [2.45, 2.75) is 262 Å². The lowest BCUT2D eigenvalue weighted by atomic mass is 9.78. The van der Waals surface area contributed by atoms with E-state index < -0.39 is 0 Å². The minimum absolute atomic E-state index is 0. The molecule has 0 heterocycles. The highest BCUT2D eigenvalue weighted by Gasteiger charge is 2.20. The minimum Gasteiger partial charge on any atom is -0.0776 e. The first-order chi connectivity index (χ1) is 26.0. The van der Waals surface area contributed by atoms with Crippen molar-refractivity contribution in [3.63, 3.8) is 0 Å². The van der Waals surface area contributed by atoms with E-state index in [1.807, 2.05) is 12.1 Å². The average Bonchev–Trinajstić information content (AvgIpc) is 3.07. The Kier molecular flexibility index (Phi) is 80.6. The van der Waals surface area contributed by atoms with E-state index in [0.29, 0.717) is 11.8 Å². The van der Waals surface area contributed by atoms with Crippen molar-refractivity contribution < 1.29 is 0 Å². The third kappa shape index (κ3) is 70.3. The number of hydrogen-bond acceptors (Lipinski definition) is 0. The summed E-state index contributed by atoms with van der Waals surface area (Å²) in [6.07, 6.45) is 17.8. The van der Waals surface area contributed by atoms with Crippen LogP contribution >= 0.6 is 0 Å². The van der Waals surface area contributed by atoms with Gasteiger partial charge in [-0.05, 0) is 52.6 Å². The first kappa shape index (κ1) is 72.1. The molecule has 2 aromatic carbocycles. The summed E-state index contributed by atoms with van der Waals surface area (Å²) in [5.41, 5.74) is 2.83. The van der Waals surface area contributed by atoms with E-state index in [1.165, 1.54) is 94.6 Å². The van der Waals surface area contributed by atoms with Crippen LogP contribution in [0.25, 0.3) is 0 Å². The van der Waals surface area contributed by atoms with Gasteiger partial charge in [-0.15, -0.1) is 0 Å². The molecule has 0 aromatic heterocycles. The monoisotopic (exact) mass is 789 g/mol. The molecule has 2 saturated carbocycles. The smallest absolute Gasteiger partial charge is 0.0219 e. The lowest BCUT2D eigenvalue weighted by molar-refractivity contribution is 0.235. The molecular formula is C56H116. The van der Waals surface area contributed by atoms with Crippen LogP contribution in [-0.2, 0) is 0 Å². The van der Waals surface area contributed by atoms with Crippen molar-refractivity contribution in [1.29, 1.82) is 0 Å². The molecular weight excluding hydrogens is 673 g/mol. The van der Waals surface area contributed by atoms with E-state index in [0.717, 1.165) is 29.6 Å². The highest BCUT2D eigenvalue weighted by molar-refractivity contribution is 5.18. The summed E-state index contributed by atoms with van der Waals surface area (Å²) in [5.74, 6) is 6.27. The van der Waals surface area contributed by atoms with Crippen LogP contribution in [0.4, 0.5) is 0 Å². The number of hydrogen-bond donors (Lipinski definition) is 0. The van der Waals surface area contributed by atoms with Crippen LogP contribution in [0.1, 0.15) is 273 Å². The van der Waals surface area contributed by atoms with Gasteiger partial charge in [0.15, 0.2) is 0 Å². The molecule has 2 aliphatic carbocycles. The summed E-state index contributed by atoms with van der Waals surface area (Å²) in [4.78, 5) is 0. The molecule has 4 rings (SSSR count). The van der Waals surface area contributed by atoms with E-state index in [-0.39, 0.29) is 7.43 Å². The van der Waals surface area contributed by atoms with Gasteiger partial charge in [0.25, 0.3) is 0 Å². The molecule has 2 fully saturated rings. The van der Waals surface area contributed by atoms with Crippen LogP contribution < -0.4 is 0 Å². The van der Waals surface area contributed by atoms with Crippen molar-refractivity contribution in [3.8, 4) is 0 Å². The van der Waals surface area contributed by atoms with Gasteiger partial charge in [0, 0.05) is 0 Å². The third-order valence-electron chi connectivity index (χ3n) is 7.93. The third-order valence-corrected chi connectivity index (χ3v) is 7.93. The largest absolute Gasteiger partial charge is 0.0776 e. The fraction of sp³-hybridized carbons (Fsp3) is 0.786. The van der Waals surface area contributed by atoms with E-state index in [2.05, 4.69) is 208 Å². The average molecular weight is 790 g/mol. The zero-order valence-corrected chi connectivity index (χ0v) is 43.0. The Morgan fingerprint density at radius 3 is 0.607 bits per heavy atom. The van der Waals surface area contributed by atoms with Crippen molar-refractivity contribution in [2.75, 3.05) is 0 Å². The Labute approximate surface area is 362 Å². The molecule has 0 aliphatic heterocycles. The van der Waals surface area contributed by atoms with Crippen LogP contribution in [0.3, 0.4) is 0 Å². The normalized spacial score (nSPS) is 11.7. The van der Waals surface area contributed by atoms with Gasteiger partial charge in [0.1, 0.15) is 0 Å². The van der Waals surface area contributed by atoms with Crippen LogP contribution in [0.5, 0.6) is 0 Å². The van der Waals surface area contributed by atoms with Gasteiger partial charge >= 0.3 is 0 Å². The second kappa shape index (κ2) is 62.6. The Morgan fingerprint density at radius 1 is 0.375 bits per heavy atom. The van der Waals surface area contributed by atoms with Crippen LogP contribution in [0.15, 0.2) is 60.7 Å². The molecule has 0 saturated heterocycles. The Balaban J connectivity index is -0.0000000779. The molecule has 0 atom stereocenters. The van der Waals surface area contributed by atoms with Crippen molar-refractivity contribution in [2.24, 2.45) is 29.6 Å². The number of rotatable bonds is 5. The zero-order chi connectivity index (χ0) is 44.5. The Bertz CT molecular complexity index is 729. The number of benzene rings is 2. The van der Waals surface area contributed by atoms with Crippen molar-refractivity contribution >= 4 is 0 Å². The Hall–Kier alpha value is -1.56. The van der Waals surface area contributed by atoms with Gasteiger partial charge in [-0.25, -0.2) is 0 Å². The van der Waals surface area contributed by atoms with Crippen LogP contribution in [0, 0.1) is 29.6 Å². The lowest BCUT2D eigenvalue weighted by Gasteiger charge is -2.28. The minimum atomic E-state index is 0. The predicted octanol–water partition coefficient (Wildman–Crippen LogP) is 21.7. The maximum atomic E-state index is 2.32. The SMILES string of the molecule is C.CC(C)C1CCC1.CC(C)C1CCC1.CC(C)c1ccccc1.CC(C)c1ccccc1.CCC.CCC.CCC.CCC.CCC.CCC.CCC(C)C.